The lowest BCUT2D eigenvalue weighted by Gasteiger charge is -2.22. The second-order valence-corrected chi connectivity index (χ2v) is 6.17. The molecule has 2 aliphatic rings. The molecule has 0 amide bonds. The van der Waals surface area contributed by atoms with Crippen LogP contribution < -0.4 is 4.90 Å². The van der Waals surface area contributed by atoms with Crippen LogP contribution in [0.4, 0.5) is 5.69 Å². The monoisotopic (exact) mass is 229 g/mol. The molecule has 17 heavy (non-hydrogen) atoms. The molecule has 1 atom stereocenters. The van der Waals surface area contributed by atoms with Crippen LogP contribution in [0.2, 0.25) is 0 Å². The average Bonchev–Trinajstić information content (AvgIpc) is 2.44. The van der Waals surface area contributed by atoms with Crippen molar-refractivity contribution in [3.05, 3.63) is 29.3 Å². The van der Waals surface area contributed by atoms with Crippen LogP contribution in [0, 0.1) is 0 Å². The maximum absolute atomic E-state index is 4.17. The molecule has 1 aromatic carbocycles. The molecule has 0 fully saturated rings. The van der Waals surface area contributed by atoms with Crippen molar-refractivity contribution in [1.29, 1.82) is 0 Å². The van der Waals surface area contributed by atoms with Gasteiger partial charge in [0, 0.05) is 17.5 Å². The van der Waals surface area contributed by atoms with Gasteiger partial charge in [0.2, 0.25) is 0 Å². The molecule has 0 saturated carbocycles. The van der Waals surface area contributed by atoms with E-state index >= 15 is 0 Å². The van der Waals surface area contributed by atoms with Gasteiger partial charge >= 0.3 is 0 Å². The highest BCUT2D eigenvalue weighted by molar-refractivity contribution is 5.67. The molecule has 0 radical (unpaired) electrons. The summed E-state index contributed by atoms with van der Waals surface area (Å²) in [5, 5.41) is 0. The molecule has 0 aromatic heterocycles. The van der Waals surface area contributed by atoms with E-state index in [0.717, 1.165) is 19.6 Å². The van der Waals surface area contributed by atoms with Crippen molar-refractivity contribution in [2.45, 2.75) is 38.8 Å². The van der Waals surface area contributed by atoms with E-state index in [1.54, 1.807) is 0 Å². The predicted molar refractivity (Wildman–Crippen MR) is 72.2 cm³/mol. The number of para-hydroxylation sites is 1. The third-order valence-electron chi connectivity index (χ3n) is 4.23. The highest BCUT2D eigenvalue weighted by Gasteiger charge is 2.40. The van der Waals surface area contributed by atoms with E-state index in [-0.39, 0.29) is 5.41 Å². The molecule has 0 N–H and O–H groups in total. The third-order valence-corrected chi connectivity index (χ3v) is 4.23. The fraction of sp³-hybridized carbons (Fsp3) is 0.533. The maximum Gasteiger partial charge on any atom is 0.170 e. The van der Waals surface area contributed by atoms with Gasteiger partial charge < -0.3 is 4.90 Å². The first-order valence-electron chi connectivity index (χ1n) is 6.43. The summed E-state index contributed by atoms with van der Waals surface area (Å²) in [7, 11) is 0. The van der Waals surface area contributed by atoms with Gasteiger partial charge in [-0.2, -0.15) is 0 Å². The van der Waals surface area contributed by atoms with E-state index in [2.05, 4.69) is 55.2 Å². The number of nitrogens with zero attached hydrogens (tertiary/aromatic N) is 2. The summed E-state index contributed by atoms with van der Waals surface area (Å²) >= 11 is 0. The molecule has 1 aromatic rings. The van der Waals surface area contributed by atoms with Crippen molar-refractivity contribution in [2.75, 3.05) is 18.0 Å². The van der Waals surface area contributed by atoms with Gasteiger partial charge in [-0.15, -0.1) is 0 Å². The average molecular weight is 229 g/mol. The van der Waals surface area contributed by atoms with Gasteiger partial charge in [0.25, 0.3) is 0 Å². The summed E-state index contributed by atoms with van der Waals surface area (Å²) in [6, 6.07) is 7.26. The van der Waals surface area contributed by atoms with Gasteiger partial charge in [0.05, 0.1) is 12.2 Å². The summed E-state index contributed by atoms with van der Waals surface area (Å²) in [6.07, 6.45) is 0. The number of anilines is 1. The van der Waals surface area contributed by atoms with Crippen molar-refractivity contribution in [1.82, 2.24) is 0 Å². The van der Waals surface area contributed by atoms with Crippen molar-refractivity contribution in [3.8, 4) is 0 Å². The topological polar surface area (TPSA) is 6.25 Å². The van der Waals surface area contributed by atoms with Crippen LogP contribution in [0.3, 0.4) is 0 Å². The summed E-state index contributed by atoms with van der Waals surface area (Å²) < 4.78 is 2.21. The van der Waals surface area contributed by atoms with Gasteiger partial charge in [-0.05, 0) is 12.5 Å². The van der Waals surface area contributed by atoms with Gasteiger partial charge in [-0.25, -0.2) is 4.58 Å². The minimum atomic E-state index is 0.286. The first-order valence-corrected chi connectivity index (χ1v) is 6.43. The summed E-state index contributed by atoms with van der Waals surface area (Å²) in [4.78, 5) is 2.56. The first-order chi connectivity index (χ1) is 7.99. The summed E-state index contributed by atoms with van der Waals surface area (Å²) in [6.45, 7) is 14.3. The predicted octanol–water partition coefficient (Wildman–Crippen LogP) is 2.40. The number of hydrogen-bond donors (Lipinski definition) is 0. The molecule has 0 spiro atoms. The Morgan fingerprint density at radius 1 is 1.41 bits per heavy atom. The highest BCUT2D eigenvalue weighted by atomic mass is 15.2. The Bertz CT molecular complexity index is 488. The van der Waals surface area contributed by atoms with Crippen molar-refractivity contribution in [2.24, 2.45) is 0 Å². The molecular formula is C15H21N2+. The lowest BCUT2D eigenvalue weighted by molar-refractivity contribution is -0.566. The SMILES string of the molecule is C=[N+]1Cc2cccc3c2N(CC1C)CC3(C)C. The fourth-order valence-corrected chi connectivity index (χ4v) is 3.24. The Hall–Kier alpha value is -1.31. The molecule has 1 unspecified atom stereocenters. The molecule has 3 rings (SSSR count). The molecule has 2 nitrogen and oxygen atoms in total. The molecule has 2 aliphatic heterocycles. The first kappa shape index (κ1) is 10.8. The maximum atomic E-state index is 4.17. The van der Waals surface area contributed by atoms with Gasteiger partial charge in [0.15, 0.2) is 12.6 Å². The normalized spacial score (nSPS) is 25.7. The van der Waals surface area contributed by atoms with Crippen molar-refractivity contribution in [3.63, 3.8) is 0 Å². The van der Waals surface area contributed by atoms with E-state index < -0.39 is 0 Å². The lowest BCUT2D eigenvalue weighted by atomic mass is 9.86. The Kier molecular flexibility index (Phi) is 2.13. The minimum absolute atomic E-state index is 0.286. The molecule has 0 saturated heterocycles. The zero-order valence-corrected chi connectivity index (χ0v) is 11.0. The Labute approximate surface area is 104 Å². The lowest BCUT2D eigenvalue weighted by Crippen LogP contribution is -2.36. The van der Waals surface area contributed by atoms with Crippen LogP contribution in [0.1, 0.15) is 31.9 Å². The number of rotatable bonds is 0. The third kappa shape index (κ3) is 1.50. The van der Waals surface area contributed by atoms with Gasteiger partial charge in [0.1, 0.15) is 6.72 Å². The van der Waals surface area contributed by atoms with Crippen LogP contribution in [-0.2, 0) is 12.0 Å². The number of benzene rings is 1. The van der Waals surface area contributed by atoms with Crippen LogP contribution in [-0.4, -0.2) is 30.4 Å². The Morgan fingerprint density at radius 2 is 2.18 bits per heavy atom. The second kappa shape index (κ2) is 3.34. The second-order valence-electron chi connectivity index (χ2n) is 6.17. The number of hydrogen-bond acceptors (Lipinski definition) is 1. The van der Waals surface area contributed by atoms with E-state index in [0.29, 0.717) is 6.04 Å². The largest absolute Gasteiger partial charge is 0.363 e. The smallest absolute Gasteiger partial charge is 0.170 e. The van der Waals surface area contributed by atoms with Crippen molar-refractivity contribution >= 4 is 12.4 Å². The van der Waals surface area contributed by atoms with Gasteiger partial charge in [-0.3, -0.25) is 0 Å². The molecule has 0 aliphatic carbocycles. The van der Waals surface area contributed by atoms with E-state index in [4.69, 9.17) is 0 Å². The zero-order chi connectivity index (χ0) is 12.2. The minimum Gasteiger partial charge on any atom is -0.363 e. The molecule has 0 bridgehead atoms. The van der Waals surface area contributed by atoms with Crippen molar-refractivity contribution < 1.29 is 4.58 Å². The zero-order valence-electron chi connectivity index (χ0n) is 11.0. The van der Waals surface area contributed by atoms with E-state index in [1.165, 1.54) is 16.8 Å². The van der Waals surface area contributed by atoms with E-state index in [9.17, 15) is 0 Å². The fourth-order valence-electron chi connectivity index (χ4n) is 3.24. The molecule has 90 valence electrons. The van der Waals surface area contributed by atoms with Crippen LogP contribution in [0.25, 0.3) is 0 Å². The van der Waals surface area contributed by atoms with E-state index in [1.807, 2.05) is 0 Å². The summed E-state index contributed by atoms with van der Waals surface area (Å²) in [5.74, 6) is 0. The summed E-state index contributed by atoms with van der Waals surface area (Å²) in [5.41, 5.74) is 4.72. The molecular weight excluding hydrogens is 208 g/mol. The quantitative estimate of drug-likeness (QED) is 0.619. The Balaban J connectivity index is 2.19. The van der Waals surface area contributed by atoms with Crippen LogP contribution >= 0.6 is 0 Å². The standard InChI is InChI=1S/C15H21N2/c1-11-8-17-10-15(2,3)13-7-5-6-12(14(13)17)9-16(11)4/h5-7,11H,4,8-10H2,1-3H3/q+1. The van der Waals surface area contributed by atoms with Gasteiger partial charge in [-0.1, -0.05) is 32.0 Å². The molecule has 2 heterocycles. The van der Waals surface area contributed by atoms with Crippen LogP contribution in [0.5, 0.6) is 0 Å². The Morgan fingerprint density at radius 3 is 2.94 bits per heavy atom. The molecule has 2 heteroatoms. The highest BCUT2D eigenvalue weighted by Crippen LogP contribution is 2.43. The van der Waals surface area contributed by atoms with Crippen LogP contribution in [0.15, 0.2) is 18.2 Å².